The molecule has 1 aromatic carbocycles. The molecule has 0 atom stereocenters. The van der Waals surface area contributed by atoms with Crippen LogP contribution in [0.4, 0.5) is 0 Å². The summed E-state index contributed by atoms with van der Waals surface area (Å²) in [6.45, 7) is 0.0535. The minimum atomic E-state index is -0.904. The SMILES string of the molecule is O=C(NCC1(C(=O)O)CC1)c1cc(COc2c(Cl)cccc2Cl)on1. The van der Waals surface area contributed by atoms with E-state index in [9.17, 15) is 9.59 Å². The lowest BCUT2D eigenvalue weighted by atomic mass is 10.1. The zero-order valence-corrected chi connectivity index (χ0v) is 14.4. The monoisotopic (exact) mass is 384 g/mol. The molecule has 2 aromatic rings. The van der Waals surface area contributed by atoms with Crippen molar-refractivity contribution in [2.45, 2.75) is 19.4 Å². The molecule has 0 bridgehead atoms. The lowest BCUT2D eigenvalue weighted by molar-refractivity contribution is -0.143. The van der Waals surface area contributed by atoms with Crippen LogP contribution in [0.5, 0.6) is 5.75 Å². The highest BCUT2D eigenvalue weighted by Gasteiger charge is 2.50. The zero-order chi connectivity index (χ0) is 18.0. The van der Waals surface area contributed by atoms with Crippen LogP contribution in [0.2, 0.25) is 10.0 Å². The number of aromatic nitrogens is 1. The van der Waals surface area contributed by atoms with E-state index in [0.29, 0.717) is 34.4 Å². The number of nitrogens with one attached hydrogen (secondary N) is 1. The van der Waals surface area contributed by atoms with Gasteiger partial charge in [-0.05, 0) is 25.0 Å². The molecule has 2 N–H and O–H groups in total. The first-order valence-corrected chi connectivity index (χ1v) is 8.21. The number of hydrogen-bond acceptors (Lipinski definition) is 5. The Kier molecular flexibility index (Phi) is 4.87. The van der Waals surface area contributed by atoms with E-state index in [1.54, 1.807) is 18.2 Å². The molecular formula is C16H14Cl2N2O5. The smallest absolute Gasteiger partial charge is 0.311 e. The van der Waals surface area contributed by atoms with Crippen molar-refractivity contribution in [1.82, 2.24) is 10.5 Å². The topological polar surface area (TPSA) is 102 Å². The largest absolute Gasteiger partial charge is 0.482 e. The number of aliphatic carboxylic acids is 1. The van der Waals surface area contributed by atoms with Crippen molar-refractivity contribution in [2.24, 2.45) is 5.41 Å². The van der Waals surface area contributed by atoms with Crippen LogP contribution in [0.3, 0.4) is 0 Å². The standard InChI is InChI=1S/C16H14Cl2N2O5/c17-10-2-1-3-11(18)13(10)24-7-9-6-12(20-25-9)14(21)19-8-16(4-5-16)15(22)23/h1-3,6H,4-5,7-8H2,(H,19,21)(H,22,23). The number of hydrogen-bond donors (Lipinski definition) is 2. The molecule has 0 saturated heterocycles. The van der Waals surface area contributed by atoms with Crippen molar-refractivity contribution in [3.63, 3.8) is 0 Å². The number of carboxylic acid groups (broad SMARTS) is 1. The van der Waals surface area contributed by atoms with Crippen molar-refractivity contribution in [3.8, 4) is 5.75 Å². The number of rotatable bonds is 7. The van der Waals surface area contributed by atoms with Gasteiger partial charge < -0.3 is 19.7 Å². The van der Waals surface area contributed by atoms with E-state index in [1.807, 2.05) is 0 Å². The molecule has 0 aliphatic heterocycles. The Hall–Kier alpha value is -2.25. The Morgan fingerprint density at radius 1 is 1.32 bits per heavy atom. The molecule has 0 radical (unpaired) electrons. The number of carbonyl (C=O) groups excluding carboxylic acids is 1. The highest BCUT2D eigenvalue weighted by molar-refractivity contribution is 6.37. The van der Waals surface area contributed by atoms with Gasteiger partial charge in [-0.1, -0.05) is 34.4 Å². The first-order valence-electron chi connectivity index (χ1n) is 7.45. The van der Waals surface area contributed by atoms with E-state index in [1.165, 1.54) is 6.07 Å². The highest BCUT2D eigenvalue weighted by atomic mass is 35.5. The van der Waals surface area contributed by atoms with Crippen molar-refractivity contribution in [3.05, 3.63) is 45.8 Å². The van der Waals surface area contributed by atoms with Gasteiger partial charge in [0.15, 0.2) is 17.2 Å². The third-order valence-corrected chi connectivity index (χ3v) is 4.56. The number of ether oxygens (including phenoxy) is 1. The minimum absolute atomic E-state index is 0.0111. The van der Waals surface area contributed by atoms with Crippen LogP contribution in [0.25, 0.3) is 0 Å². The van der Waals surface area contributed by atoms with Gasteiger partial charge in [-0.25, -0.2) is 0 Å². The fourth-order valence-corrected chi connectivity index (χ4v) is 2.72. The summed E-state index contributed by atoms with van der Waals surface area (Å²) >= 11 is 12.0. The van der Waals surface area contributed by atoms with Gasteiger partial charge in [-0.3, -0.25) is 9.59 Å². The van der Waals surface area contributed by atoms with Gasteiger partial charge in [0.25, 0.3) is 5.91 Å². The van der Waals surface area contributed by atoms with Crippen LogP contribution in [0.15, 0.2) is 28.8 Å². The van der Waals surface area contributed by atoms with E-state index in [0.717, 1.165) is 0 Å². The zero-order valence-electron chi connectivity index (χ0n) is 12.9. The molecule has 1 heterocycles. The van der Waals surface area contributed by atoms with Crippen LogP contribution in [0.1, 0.15) is 29.1 Å². The molecule has 132 valence electrons. The van der Waals surface area contributed by atoms with Gasteiger partial charge in [-0.2, -0.15) is 0 Å². The van der Waals surface area contributed by atoms with Crippen LogP contribution in [-0.2, 0) is 11.4 Å². The molecule has 1 fully saturated rings. The molecule has 1 aliphatic carbocycles. The molecule has 7 nitrogen and oxygen atoms in total. The third kappa shape index (κ3) is 3.88. The van der Waals surface area contributed by atoms with Gasteiger partial charge in [0.05, 0.1) is 15.5 Å². The van der Waals surface area contributed by atoms with E-state index >= 15 is 0 Å². The van der Waals surface area contributed by atoms with E-state index in [2.05, 4.69) is 10.5 Å². The number of amides is 1. The summed E-state index contributed by atoms with van der Waals surface area (Å²) in [6, 6.07) is 6.38. The van der Waals surface area contributed by atoms with Crippen molar-refractivity contribution in [2.75, 3.05) is 6.54 Å². The lowest BCUT2D eigenvalue weighted by Gasteiger charge is -2.09. The molecule has 1 aliphatic rings. The van der Waals surface area contributed by atoms with Gasteiger partial charge >= 0.3 is 5.97 Å². The van der Waals surface area contributed by atoms with E-state index < -0.39 is 17.3 Å². The fourth-order valence-electron chi connectivity index (χ4n) is 2.21. The molecule has 0 spiro atoms. The van der Waals surface area contributed by atoms with E-state index in [4.69, 9.17) is 37.6 Å². The quantitative estimate of drug-likeness (QED) is 0.759. The highest BCUT2D eigenvalue weighted by Crippen LogP contribution is 2.45. The maximum atomic E-state index is 12.0. The Bertz CT molecular complexity index is 796. The predicted octanol–water partition coefficient (Wildman–Crippen LogP) is 3.16. The number of nitrogens with zero attached hydrogens (tertiary/aromatic N) is 1. The van der Waals surface area contributed by atoms with Crippen molar-refractivity contribution in [1.29, 1.82) is 0 Å². The number of para-hydroxylation sites is 1. The first kappa shape index (κ1) is 17.6. The summed E-state index contributed by atoms with van der Waals surface area (Å²) in [5, 5.41) is 16.0. The average Bonchev–Trinajstić information content (AvgIpc) is 3.23. The van der Waals surface area contributed by atoms with Gasteiger partial charge in [-0.15, -0.1) is 0 Å². The Morgan fingerprint density at radius 3 is 2.60 bits per heavy atom. The molecule has 1 saturated carbocycles. The molecule has 3 rings (SSSR count). The summed E-state index contributed by atoms with van der Waals surface area (Å²) in [5.41, 5.74) is -0.795. The number of carboxylic acids is 1. The third-order valence-electron chi connectivity index (χ3n) is 3.96. The summed E-state index contributed by atoms with van der Waals surface area (Å²) in [6.07, 6.45) is 1.11. The first-order chi connectivity index (χ1) is 11.9. The van der Waals surface area contributed by atoms with E-state index in [-0.39, 0.29) is 18.8 Å². The molecule has 1 aromatic heterocycles. The van der Waals surface area contributed by atoms with Gasteiger partial charge in [0.2, 0.25) is 0 Å². The Morgan fingerprint density at radius 2 is 2.00 bits per heavy atom. The van der Waals surface area contributed by atoms with Crippen LogP contribution >= 0.6 is 23.2 Å². The van der Waals surface area contributed by atoms with Crippen molar-refractivity contribution >= 4 is 35.1 Å². The second kappa shape index (κ2) is 6.93. The number of halogens is 2. The summed E-state index contributed by atoms with van der Waals surface area (Å²) in [7, 11) is 0. The second-order valence-corrected chi connectivity index (χ2v) is 6.60. The maximum Gasteiger partial charge on any atom is 0.311 e. The van der Waals surface area contributed by atoms with Crippen molar-refractivity contribution < 1.29 is 24.0 Å². The van der Waals surface area contributed by atoms with Gasteiger partial charge in [0.1, 0.15) is 6.61 Å². The molecule has 9 heteroatoms. The predicted molar refractivity (Wildman–Crippen MR) is 88.9 cm³/mol. The number of carbonyl (C=O) groups is 2. The Balaban J connectivity index is 1.57. The molecular weight excluding hydrogens is 371 g/mol. The Labute approximate surface area is 152 Å². The van der Waals surface area contributed by atoms with Crippen LogP contribution in [0, 0.1) is 5.41 Å². The summed E-state index contributed by atoms with van der Waals surface area (Å²) < 4.78 is 10.5. The number of benzene rings is 1. The molecule has 0 unspecified atom stereocenters. The summed E-state index contributed by atoms with van der Waals surface area (Å²) in [5.74, 6) is -0.789. The molecule has 1 amide bonds. The second-order valence-electron chi connectivity index (χ2n) is 5.79. The molecule has 25 heavy (non-hydrogen) atoms. The maximum absolute atomic E-state index is 12.0. The minimum Gasteiger partial charge on any atom is -0.482 e. The fraction of sp³-hybridized carbons (Fsp3) is 0.312. The summed E-state index contributed by atoms with van der Waals surface area (Å²) in [4.78, 5) is 23.1. The normalized spacial score (nSPS) is 14.8. The lowest BCUT2D eigenvalue weighted by Crippen LogP contribution is -2.34. The average molecular weight is 385 g/mol. The van der Waals surface area contributed by atoms with Gasteiger partial charge in [0, 0.05) is 12.6 Å². The van der Waals surface area contributed by atoms with Crippen LogP contribution in [-0.4, -0.2) is 28.7 Å². The van der Waals surface area contributed by atoms with Crippen LogP contribution < -0.4 is 10.1 Å².